The number of carbonyl (C=O) groups is 1. The lowest BCUT2D eigenvalue weighted by Gasteiger charge is -2.23. The van der Waals surface area contributed by atoms with E-state index in [9.17, 15) is 9.59 Å². The van der Waals surface area contributed by atoms with Crippen LogP contribution in [0.3, 0.4) is 0 Å². The number of esters is 1. The Kier molecular flexibility index (Phi) is 10.3. The van der Waals surface area contributed by atoms with Crippen LogP contribution in [0.15, 0.2) is 85.1 Å². The van der Waals surface area contributed by atoms with Crippen molar-refractivity contribution in [1.82, 2.24) is 4.57 Å². The number of nitrogens with zero attached hydrogens (tertiary/aromatic N) is 2. The van der Waals surface area contributed by atoms with Gasteiger partial charge in [0.25, 0.3) is 5.56 Å². The Bertz CT molecular complexity index is 1920. The Balaban J connectivity index is 1.62. The third kappa shape index (κ3) is 6.81. The van der Waals surface area contributed by atoms with Crippen molar-refractivity contribution < 1.29 is 23.7 Å². The third-order valence-corrected chi connectivity index (χ3v) is 8.96. The number of methoxy groups -OCH3 is 1. The van der Waals surface area contributed by atoms with Crippen molar-refractivity contribution in [3.63, 3.8) is 0 Å². The van der Waals surface area contributed by atoms with Crippen LogP contribution in [0.2, 0.25) is 5.02 Å². The van der Waals surface area contributed by atoms with Crippen LogP contribution in [0.5, 0.6) is 17.2 Å². The molecule has 5 rings (SSSR count). The number of ether oxygens (including phenoxy) is 4. The molecule has 0 aliphatic carbocycles. The molecule has 0 amide bonds. The average Bonchev–Trinajstić information content (AvgIpc) is 3.32. The minimum absolute atomic E-state index is 0.210. The third-order valence-electron chi connectivity index (χ3n) is 6.63. The average molecular weight is 763 g/mol. The summed E-state index contributed by atoms with van der Waals surface area (Å²) in [5.41, 5.74) is 2.09. The molecule has 0 saturated heterocycles. The van der Waals surface area contributed by atoms with Gasteiger partial charge in [-0.1, -0.05) is 57.1 Å². The number of carbonyl (C=O) groups excluding carboxylic acids is 1. The van der Waals surface area contributed by atoms with Gasteiger partial charge in [0.05, 0.1) is 40.9 Å². The van der Waals surface area contributed by atoms with Crippen LogP contribution in [0.25, 0.3) is 6.08 Å². The quantitative estimate of drug-likeness (QED) is 0.170. The molecule has 12 heteroatoms. The summed E-state index contributed by atoms with van der Waals surface area (Å²) >= 11 is 14.6. The molecule has 1 atom stereocenters. The zero-order chi connectivity index (χ0) is 31.4. The number of aromatic nitrogens is 1. The van der Waals surface area contributed by atoms with Crippen molar-refractivity contribution in [3.8, 4) is 17.2 Å². The SMILES string of the molecule is CCOc1ccc([C@@H]2C(C(=O)OC)=CN=c3s/c(=C/c4cc(Cl)cc(Br)c4OCc4ccc(Br)cc4)c(=O)n32)cc1OCC. The van der Waals surface area contributed by atoms with E-state index >= 15 is 0 Å². The zero-order valence-electron chi connectivity index (χ0n) is 23.9. The Hall–Kier alpha value is -3.38. The lowest BCUT2D eigenvalue weighted by Crippen LogP contribution is -2.39. The Labute approximate surface area is 279 Å². The second kappa shape index (κ2) is 14.2. The molecule has 0 fully saturated rings. The van der Waals surface area contributed by atoms with Crippen molar-refractivity contribution >= 4 is 66.8 Å². The van der Waals surface area contributed by atoms with E-state index in [4.69, 9.17) is 30.5 Å². The number of halogens is 3. The van der Waals surface area contributed by atoms with Gasteiger partial charge in [0, 0.05) is 21.3 Å². The van der Waals surface area contributed by atoms with E-state index in [2.05, 4.69) is 36.9 Å². The molecule has 44 heavy (non-hydrogen) atoms. The molecule has 1 aliphatic heterocycles. The summed E-state index contributed by atoms with van der Waals surface area (Å²) < 4.78 is 26.3. The summed E-state index contributed by atoms with van der Waals surface area (Å²) in [6.45, 7) is 4.92. The van der Waals surface area contributed by atoms with Gasteiger partial charge >= 0.3 is 5.97 Å². The fourth-order valence-corrected chi connectivity index (χ4v) is 6.88. The molecule has 228 valence electrons. The van der Waals surface area contributed by atoms with E-state index in [1.807, 2.05) is 38.1 Å². The van der Waals surface area contributed by atoms with Gasteiger partial charge in [-0.3, -0.25) is 9.36 Å². The highest BCUT2D eigenvalue weighted by Crippen LogP contribution is 2.36. The number of fused-ring (bicyclic) bond motifs is 1. The second-order valence-corrected chi connectivity index (χ2v) is 12.7. The molecular formula is C32H27Br2ClN2O6S. The summed E-state index contributed by atoms with van der Waals surface area (Å²) in [4.78, 5) is 31.9. The molecule has 0 spiro atoms. The first-order valence-electron chi connectivity index (χ1n) is 13.6. The fourth-order valence-electron chi connectivity index (χ4n) is 4.70. The van der Waals surface area contributed by atoms with Crippen LogP contribution in [0.1, 0.15) is 36.6 Å². The van der Waals surface area contributed by atoms with Gasteiger partial charge in [-0.2, -0.15) is 0 Å². The number of benzene rings is 3. The van der Waals surface area contributed by atoms with Crippen molar-refractivity contribution in [2.45, 2.75) is 26.5 Å². The first kappa shape index (κ1) is 32.0. The molecule has 0 bridgehead atoms. The molecule has 0 N–H and O–H groups in total. The summed E-state index contributed by atoms with van der Waals surface area (Å²) in [5.74, 6) is 1.01. The van der Waals surface area contributed by atoms with Crippen LogP contribution >= 0.6 is 54.8 Å². The predicted molar refractivity (Wildman–Crippen MR) is 178 cm³/mol. The molecule has 3 aromatic carbocycles. The van der Waals surface area contributed by atoms with Crippen molar-refractivity contribution in [1.29, 1.82) is 0 Å². The summed E-state index contributed by atoms with van der Waals surface area (Å²) in [6, 6.07) is 15.8. The molecule has 4 aromatic rings. The molecule has 2 heterocycles. The lowest BCUT2D eigenvalue weighted by atomic mass is 9.97. The van der Waals surface area contributed by atoms with E-state index in [0.29, 0.717) is 67.0 Å². The molecule has 8 nitrogen and oxygen atoms in total. The normalized spacial score (nSPS) is 14.4. The van der Waals surface area contributed by atoms with Crippen LogP contribution < -0.4 is 29.1 Å². The van der Waals surface area contributed by atoms with Gasteiger partial charge in [0.15, 0.2) is 16.3 Å². The zero-order valence-corrected chi connectivity index (χ0v) is 28.7. The Morgan fingerprint density at radius 1 is 1.02 bits per heavy atom. The highest BCUT2D eigenvalue weighted by Gasteiger charge is 2.31. The topological polar surface area (TPSA) is 88.4 Å². The fraction of sp³-hybridized carbons (Fsp3) is 0.219. The molecule has 0 radical (unpaired) electrons. The minimum Gasteiger partial charge on any atom is -0.490 e. The van der Waals surface area contributed by atoms with E-state index in [0.717, 1.165) is 10.0 Å². The van der Waals surface area contributed by atoms with Gasteiger partial charge in [-0.05, 0) is 83.4 Å². The van der Waals surface area contributed by atoms with Crippen LogP contribution in [0, 0.1) is 0 Å². The van der Waals surface area contributed by atoms with Crippen molar-refractivity contribution in [2.75, 3.05) is 20.3 Å². The molecule has 0 saturated carbocycles. The highest BCUT2D eigenvalue weighted by atomic mass is 79.9. The van der Waals surface area contributed by atoms with Crippen molar-refractivity contribution in [3.05, 3.63) is 117 Å². The van der Waals surface area contributed by atoms with E-state index in [1.165, 1.54) is 29.2 Å². The number of hydrogen-bond acceptors (Lipinski definition) is 8. The van der Waals surface area contributed by atoms with Gasteiger partial charge in [0.1, 0.15) is 12.4 Å². The first-order chi connectivity index (χ1) is 21.2. The maximum Gasteiger partial charge on any atom is 0.337 e. The molecule has 1 aliphatic rings. The maximum absolute atomic E-state index is 14.1. The smallest absolute Gasteiger partial charge is 0.337 e. The van der Waals surface area contributed by atoms with E-state index in [-0.39, 0.29) is 11.1 Å². The predicted octanol–water partition coefficient (Wildman–Crippen LogP) is 6.57. The lowest BCUT2D eigenvalue weighted by molar-refractivity contribution is -0.136. The van der Waals surface area contributed by atoms with Gasteiger partial charge in [0.2, 0.25) is 0 Å². The summed E-state index contributed by atoms with van der Waals surface area (Å²) in [5, 5.41) is 0.468. The maximum atomic E-state index is 14.1. The van der Waals surface area contributed by atoms with Crippen LogP contribution in [-0.2, 0) is 16.1 Å². The highest BCUT2D eigenvalue weighted by molar-refractivity contribution is 9.10. The van der Waals surface area contributed by atoms with Crippen molar-refractivity contribution in [2.24, 2.45) is 4.99 Å². The van der Waals surface area contributed by atoms with Gasteiger partial charge in [-0.25, -0.2) is 9.79 Å². The summed E-state index contributed by atoms with van der Waals surface area (Å²) in [6.07, 6.45) is 3.17. The number of rotatable bonds is 10. The number of hydrogen-bond donors (Lipinski definition) is 0. The Morgan fingerprint density at radius 2 is 1.75 bits per heavy atom. The van der Waals surface area contributed by atoms with Gasteiger partial charge < -0.3 is 18.9 Å². The number of thiazole rings is 1. The monoisotopic (exact) mass is 760 g/mol. The molecule has 0 unspecified atom stereocenters. The summed E-state index contributed by atoms with van der Waals surface area (Å²) in [7, 11) is 1.29. The minimum atomic E-state index is -0.810. The van der Waals surface area contributed by atoms with E-state index < -0.39 is 12.0 Å². The van der Waals surface area contributed by atoms with Crippen LogP contribution in [-0.4, -0.2) is 30.9 Å². The first-order valence-corrected chi connectivity index (χ1v) is 16.4. The molecule has 1 aromatic heterocycles. The second-order valence-electron chi connectivity index (χ2n) is 9.47. The molecular weight excluding hydrogens is 736 g/mol. The standard InChI is InChI=1S/C32H27Br2ClN2O6S/c1-4-41-25-11-8-19(13-26(25)42-5-2)28-23(31(39)40-3)16-36-32-37(28)30(38)27(44-32)14-20-12-22(35)15-24(34)29(20)43-17-18-6-9-21(33)10-7-18/h6-16,28H,4-5,17H2,1-3H3/b27-14+/t28-/m1/s1. The van der Waals surface area contributed by atoms with Gasteiger partial charge in [-0.15, -0.1) is 0 Å². The largest absolute Gasteiger partial charge is 0.490 e. The Morgan fingerprint density at radius 3 is 2.45 bits per heavy atom. The van der Waals surface area contributed by atoms with Crippen LogP contribution in [0.4, 0.5) is 0 Å². The van der Waals surface area contributed by atoms with E-state index in [1.54, 1.807) is 36.4 Å².